The second kappa shape index (κ2) is 6.99. The zero-order chi connectivity index (χ0) is 19.8. The average Bonchev–Trinajstić information content (AvgIpc) is 2.78. The molecule has 1 N–H and O–H groups in total. The van der Waals surface area contributed by atoms with E-state index in [-0.39, 0.29) is 5.75 Å². The molecule has 0 radical (unpaired) electrons. The van der Waals surface area contributed by atoms with E-state index in [1.807, 2.05) is 48.5 Å². The second-order valence-electron chi connectivity index (χ2n) is 7.09. The lowest BCUT2D eigenvalue weighted by atomic mass is 9.86. The first kappa shape index (κ1) is 17.3. The minimum Gasteiger partial charge on any atom is -0.507 e. The molecule has 5 aromatic carbocycles. The number of para-hydroxylation sites is 1. The predicted octanol–water partition coefficient (Wildman–Crippen LogP) is 7.04. The molecule has 0 saturated heterocycles. The third-order valence-electron chi connectivity index (χ3n) is 5.48. The molecule has 0 spiro atoms. The van der Waals surface area contributed by atoms with Crippen molar-refractivity contribution in [2.24, 2.45) is 0 Å². The Bertz CT molecular complexity index is 1350. The molecule has 0 bridgehead atoms. The molecule has 0 heterocycles. The molecule has 0 fully saturated rings. The number of phenols is 1. The summed E-state index contributed by atoms with van der Waals surface area (Å²) >= 11 is 0. The Morgan fingerprint density at radius 3 is 1.86 bits per heavy atom. The molecule has 2 heteroatoms. The minimum absolute atomic E-state index is 0.274. The molecule has 0 saturated carbocycles. The van der Waals surface area contributed by atoms with Gasteiger partial charge < -0.3 is 9.84 Å². The van der Waals surface area contributed by atoms with Gasteiger partial charge in [-0.3, -0.25) is 0 Å². The van der Waals surface area contributed by atoms with Crippen molar-refractivity contribution in [3.05, 3.63) is 97.1 Å². The lowest BCUT2D eigenvalue weighted by Crippen LogP contribution is -1.93. The van der Waals surface area contributed by atoms with Crippen LogP contribution in [0.5, 0.6) is 11.5 Å². The maximum absolute atomic E-state index is 11.0. The van der Waals surface area contributed by atoms with Crippen molar-refractivity contribution in [3.63, 3.8) is 0 Å². The molecule has 0 atom stereocenters. The zero-order valence-electron chi connectivity index (χ0n) is 16.1. The molecule has 0 aliphatic carbocycles. The van der Waals surface area contributed by atoms with Crippen LogP contribution in [0.3, 0.4) is 0 Å². The first-order valence-electron chi connectivity index (χ1n) is 9.64. The highest BCUT2D eigenvalue weighted by molar-refractivity contribution is 6.12. The maximum Gasteiger partial charge on any atom is 0.126 e. The number of rotatable bonds is 3. The van der Waals surface area contributed by atoms with Gasteiger partial charge in [0.25, 0.3) is 0 Å². The number of ether oxygens (including phenoxy) is 1. The molecule has 0 aliphatic rings. The summed E-state index contributed by atoms with van der Waals surface area (Å²) < 4.78 is 5.66. The summed E-state index contributed by atoms with van der Waals surface area (Å²) in [6, 6.07) is 32.5. The Labute approximate surface area is 169 Å². The van der Waals surface area contributed by atoms with E-state index in [1.54, 1.807) is 13.2 Å². The van der Waals surface area contributed by atoms with Crippen molar-refractivity contribution in [1.82, 2.24) is 0 Å². The Morgan fingerprint density at radius 1 is 0.552 bits per heavy atom. The van der Waals surface area contributed by atoms with Crippen LogP contribution in [0.1, 0.15) is 0 Å². The number of hydrogen-bond donors (Lipinski definition) is 1. The highest BCUT2D eigenvalue weighted by Crippen LogP contribution is 2.46. The van der Waals surface area contributed by atoms with E-state index in [4.69, 9.17) is 4.74 Å². The Kier molecular flexibility index (Phi) is 4.18. The largest absolute Gasteiger partial charge is 0.507 e. The molecular weight excluding hydrogens is 356 g/mol. The lowest BCUT2D eigenvalue weighted by molar-refractivity contribution is 0.416. The van der Waals surface area contributed by atoms with Gasteiger partial charge >= 0.3 is 0 Å². The van der Waals surface area contributed by atoms with Gasteiger partial charge in [-0.15, -0.1) is 0 Å². The topological polar surface area (TPSA) is 29.5 Å². The van der Waals surface area contributed by atoms with Crippen LogP contribution in [-0.2, 0) is 0 Å². The van der Waals surface area contributed by atoms with Gasteiger partial charge in [0.15, 0.2) is 0 Å². The van der Waals surface area contributed by atoms with Gasteiger partial charge in [-0.1, -0.05) is 84.9 Å². The summed E-state index contributed by atoms with van der Waals surface area (Å²) in [4.78, 5) is 0. The van der Waals surface area contributed by atoms with Gasteiger partial charge in [0.1, 0.15) is 11.5 Å². The first-order valence-corrected chi connectivity index (χ1v) is 9.64. The summed E-state index contributed by atoms with van der Waals surface area (Å²) in [6.45, 7) is 0. The molecule has 0 aliphatic heterocycles. The van der Waals surface area contributed by atoms with Crippen LogP contribution < -0.4 is 4.74 Å². The van der Waals surface area contributed by atoms with Crippen molar-refractivity contribution in [1.29, 1.82) is 0 Å². The summed E-state index contributed by atoms with van der Waals surface area (Å²) in [5.41, 5.74) is 3.90. The monoisotopic (exact) mass is 376 g/mol. The maximum atomic E-state index is 11.0. The van der Waals surface area contributed by atoms with E-state index in [0.717, 1.165) is 49.5 Å². The van der Waals surface area contributed by atoms with Gasteiger partial charge in [-0.05, 0) is 39.2 Å². The second-order valence-corrected chi connectivity index (χ2v) is 7.09. The number of phenolic OH excluding ortho intramolecular Hbond substituents is 1. The van der Waals surface area contributed by atoms with Crippen LogP contribution in [-0.4, -0.2) is 12.2 Å². The fourth-order valence-corrected chi connectivity index (χ4v) is 4.16. The molecule has 5 aromatic rings. The first-order chi connectivity index (χ1) is 14.3. The van der Waals surface area contributed by atoms with Gasteiger partial charge in [-0.25, -0.2) is 0 Å². The quantitative estimate of drug-likeness (QED) is 0.366. The fourth-order valence-electron chi connectivity index (χ4n) is 4.16. The molecule has 140 valence electrons. The van der Waals surface area contributed by atoms with Gasteiger partial charge in [0.05, 0.1) is 7.11 Å². The third kappa shape index (κ3) is 2.81. The molecule has 29 heavy (non-hydrogen) atoms. The van der Waals surface area contributed by atoms with E-state index in [9.17, 15) is 5.11 Å². The van der Waals surface area contributed by atoms with Crippen LogP contribution in [0, 0.1) is 0 Å². The summed E-state index contributed by atoms with van der Waals surface area (Å²) in [5.74, 6) is 1.08. The minimum atomic E-state index is 0.274. The number of methoxy groups -OCH3 is 1. The van der Waals surface area contributed by atoms with Crippen molar-refractivity contribution in [2.75, 3.05) is 7.11 Å². The summed E-state index contributed by atoms with van der Waals surface area (Å²) in [6.07, 6.45) is 0. The van der Waals surface area contributed by atoms with Gasteiger partial charge in [0, 0.05) is 16.7 Å². The number of fused-ring (bicyclic) bond motifs is 2. The van der Waals surface area contributed by atoms with E-state index in [0.29, 0.717) is 0 Å². The highest BCUT2D eigenvalue weighted by atomic mass is 16.5. The van der Waals surface area contributed by atoms with E-state index < -0.39 is 0 Å². The standard InChI is InChI=1S/C27H20O2/c1-29-25-13-7-6-12-22(25)23-16-14-18-8-2-4-10-20(18)26(23)27-21-11-5-3-9-19(21)15-17-24(27)28/h2-17,28H,1H3. The molecular formula is C27H20O2. The SMILES string of the molecule is COc1ccccc1-c1ccc2ccccc2c1-c1c(O)ccc2ccccc12. The van der Waals surface area contributed by atoms with Gasteiger partial charge in [0.2, 0.25) is 0 Å². The van der Waals surface area contributed by atoms with Crippen LogP contribution in [0.25, 0.3) is 43.8 Å². The summed E-state index contributed by atoms with van der Waals surface area (Å²) in [7, 11) is 1.69. The van der Waals surface area contributed by atoms with Crippen LogP contribution in [0.2, 0.25) is 0 Å². The Hall–Kier alpha value is -3.78. The summed E-state index contributed by atoms with van der Waals surface area (Å²) in [5, 5.41) is 15.3. The highest BCUT2D eigenvalue weighted by Gasteiger charge is 2.19. The van der Waals surface area contributed by atoms with Crippen LogP contribution in [0.15, 0.2) is 97.1 Å². The van der Waals surface area contributed by atoms with E-state index in [1.165, 1.54) is 0 Å². The molecule has 0 unspecified atom stereocenters. The molecule has 0 amide bonds. The Balaban J connectivity index is 1.97. The smallest absolute Gasteiger partial charge is 0.126 e. The van der Waals surface area contributed by atoms with E-state index >= 15 is 0 Å². The zero-order valence-corrected chi connectivity index (χ0v) is 16.1. The number of aromatic hydroxyl groups is 1. The predicted molar refractivity (Wildman–Crippen MR) is 121 cm³/mol. The lowest BCUT2D eigenvalue weighted by Gasteiger charge is -2.18. The van der Waals surface area contributed by atoms with Crippen molar-refractivity contribution < 1.29 is 9.84 Å². The molecule has 2 nitrogen and oxygen atoms in total. The van der Waals surface area contributed by atoms with Crippen molar-refractivity contribution >= 4 is 21.5 Å². The van der Waals surface area contributed by atoms with E-state index in [2.05, 4.69) is 42.5 Å². The van der Waals surface area contributed by atoms with Gasteiger partial charge in [-0.2, -0.15) is 0 Å². The van der Waals surface area contributed by atoms with Crippen LogP contribution in [0.4, 0.5) is 0 Å². The fraction of sp³-hybridized carbons (Fsp3) is 0.0370. The third-order valence-corrected chi connectivity index (χ3v) is 5.48. The van der Waals surface area contributed by atoms with Crippen molar-refractivity contribution in [2.45, 2.75) is 0 Å². The molecule has 5 rings (SSSR count). The normalized spacial score (nSPS) is 11.1. The van der Waals surface area contributed by atoms with Crippen LogP contribution >= 0.6 is 0 Å². The number of benzene rings is 5. The Morgan fingerprint density at radius 2 is 1.14 bits per heavy atom. The average molecular weight is 376 g/mol. The molecule has 0 aromatic heterocycles. The van der Waals surface area contributed by atoms with Crippen molar-refractivity contribution in [3.8, 4) is 33.8 Å². The number of hydrogen-bond acceptors (Lipinski definition) is 2.